The van der Waals surface area contributed by atoms with Gasteiger partial charge in [-0.05, 0) is 45.4 Å². The molecule has 112 valence electrons. The van der Waals surface area contributed by atoms with E-state index in [-0.39, 0.29) is 11.9 Å². The van der Waals surface area contributed by atoms with E-state index in [9.17, 15) is 9.90 Å². The Balaban J connectivity index is 2.80. The number of aliphatic hydroxyl groups is 1. The first-order valence-corrected chi connectivity index (χ1v) is 6.77. The molecule has 0 fully saturated rings. The highest BCUT2D eigenvalue weighted by Gasteiger charge is 2.14. The maximum Gasteiger partial charge on any atom is 0.251 e. The monoisotopic (exact) mass is 281 g/mol. The largest absolute Gasteiger partial charge is 0.493 e. The van der Waals surface area contributed by atoms with Crippen molar-refractivity contribution in [3.05, 3.63) is 23.8 Å². The first-order valence-electron chi connectivity index (χ1n) is 6.77. The number of ether oxygens (including phenoxy) is 2. The molecule has 1 amide bonds. The Labute approximate surface area is 119 Å². The van der Waals surface area contributed by atoms with Crippen molar-refractivity contribution in [1.82, 2.24) is 5.32 Å². The standard InChI is InChI=1S/C15H23NO4/c1-5-20-14-9-12(6-7-13(14)19-4)15(18)16-10(2)8-11(3)17/h6-7,9-11,17H,5,8H2,1-4H3,(H,16,18). The van der Waals surface area contributed by atoms with Crippen molar-refractivity contribution in [1.29, 1.82) is 0 Å². The molecule has 0 heterocycles. The molecule has 0 aliphatic heterocycles. The van der Waals surface area contributed by atoms with Crippen molar-refractivity contribution in [2.24, 2.45) is 0 Å². The fourth-order valence-electron chi connectivity index (χ4n) is 1.96. The number of hydrogen-bond donors (Lipinski definition) is 2. The van der Waals surface area contributed by atoms with E-state index in [0.717, 1.165) is 0 Å². The van der Waals surface area contributed by atoms with Crippen LogP contribution in [0.4, 0.5) is 0 Å². The zero-order chi connectivity index (χ0) is 15.1. The van der Waals surface area contributed by atoms with Crippen molar-refractivity contribution in [3.8, 4) is 11.5 Å². The predicted octanol–water partition coefficient (Wildman–Crippen LogP) is 1.98. The fraction of sp³-hybridized carbons (Fsp3) is 0.533. The van der Waals surface area contributed by atoms with E-state index in [1.165, 1.54) is 0 Å². The molecule has 2 N–H and O–H groups in total. The molecule has 5 nitrogen and oxygen atoms in total. The van der Waals surface area contributed by atoms with Gasteiger partial charge in [0.15, 0.2) is 11.5 Å². The Morgan fingerprint density at radius 3 is 2.60 bits per heavy atom. The van der Waals surface area contributed by atoms with Crippen LogP contribution >= 0.6 is 0 Å². The van der Waals surface area contributed by atoms with E-state index in [4.69, 9.17) is 9.47 Å². The van der Waals surface area contributed by atoms with Crippen molar-refractivity contribution in [3.63, 3.8) is 0 Å². The van der Waals surface area contributed by atoms with Gasteiger partial charge < -0.3 is 19.9 Å². The van der Waals surface area contributed by atoms with Crippen LogP contribution < -0.4 is 14.8 Å². The summed E-state index contributed by atoms with van der Waals surface area (Å²) < 4.78 is 10.6. The molecule has 20 heavy (non-hydrogen) atoms. The van der Waals surface area contributed by atoms with Gasteiger partial charge in [0.05, 0.1) is 19.8 Å². The minimum Gasteiger partial charge on any atom is -0.493 e. The average Bonchev–Trinajstić information content (AvgIpc) is 2.37. The molecule has 0 saturated carbocycles. The van der Waals surface area contributed by atoms with Crippen molar-refractivity contribution >= 4 is 5.91 Å². The van der Waals surface area contributed by atoms with Crippen LogP contribution in [0.2, 0.25) is 0 Å². The van der Waals surface area contributed by atoms with Gasteiger partial charge in [-0.3, -0.25) is 4.79 Å². The number of carbonyl (C=O) groups excluding carboxylic acids is 1. The number of hydrogen-bond acceptors (Lipinski definition) is 4. The predicted molar refractivity (Wildman–Crippen MR) is 77.4 cm³/mol. The molecule has 0 saturated heterocycles. The summed E-state index contributed by atoms with van der Waals surface area (Å²) in [6, 6.07) is 4.96. The quantitative estimate of drug-likeness (QED) is 0.802. The van der Waals surface area contributed by atoms with Gasteiger partial charge in [0.1, 0.15) is 0 Å². The number of nitrogens with one attached hydrogen (secondary N) is 1. The molecule has 1 aromatic rings. The summed E-state index contributed by atoms with van der Waals surface area (Å²) in [6.07, 6.45) is 0.0698. The first kappa shape index (κ1) is 16.3. The molecule has 5 heteroatoms. The molecular formula is C15H23NO4. The van der Waals surface area contributed by atoms with Crippen LogP contribution in [-0.2, 0) is 0 Å². The van der Waals surface area contributed by atoms with Gasteiger partial charge in [0.2, 0.25) is 0 Å². The van der Waals surface area contributed by atoms with Crippen LogP contribution in [0.5, 0.6) is 11.5 Å². The molecule has 1 rings (SSSR count). The summed E-state index contributed by atoms with van der Waals surface area (Å²) in [5.74, 6) is 0.952. The zero-order valence-corrected chi connectivity index (χ0v) is 12.5. The number of methoxy groups -OCH3 is 1. The smallest absolute Gasteiger partial charge is 0.251 e. The number of carbonyl (C=O) groups is 1. The van der Waals surface area contributed by atoms with E-state index < -0.39 is 6.10 Å². The van der Waals surface area contributed by atoms with E-state index in [0.29, 0.717) is 30.1 Å². The summed E-state index contributed by atoms with van der Waals surface area (Å²) in [5.41, 5.74) is 0.506. The third-order valence-corrected chi connectivity index (χ3v) is 2.80. The lowest BCUT2D eigenvalue weighted by Crippen LogP contribution is -2.34. The lowest BCUT2D eigenvalue weighted by atomic mass is 10.1. The first-order chi connectivity index (χ1) is 9.47. The highest BCUT2D eigenvalue weighted by Crippen LogP contribution is 2.28. The molecule has 0 radical (unpaired) electrons. The van der Waals surface area contributed by atoms with Gasteiger partial charge in [-0.2, -0.15) is 0 Å². The third kappa shape index (κ3) is 4.74. The van der Waals surface area contributed by atoms with E-state index in [1.807, 2.05) is 13.8 Å². The van der Waals surface area contributed by atoms with Crippen LogP contribution in [-0.4, -0.2) is 36.9 Å². The van der Waals surface area contributed by atoms with E-state index >= 15 is 0 Å². The van der Waals surface area contributed by atoms with Gasteiger partial charge in [-0.15, -0.1) is 0 Å². The minimum atomic E-state index is -0.444. The summed E-state index contributed by atoms with van der Waals surface area (Å²) in [4.78, 5) is 12.1. The summed E-state index contributed by atoms with van der Waals surface area (Å²) >= 11 is 0. The number of amides is 1. The number of aliphatic hydroxyl groups excluding tert-OH is 1. The molecule has 0 bridgehead atoms. The molecule has 0 aliphatic carbocycles. The molecule has 1 aromatic carbocycles. The second-order valence-corrected chi connectivity index (χ2v) is 4.76. The second kappa shape index (κ2) is 7.75. The van der Waals surface area contributed by atoms with Crippen LogP contribution in [0.15, 0.2) is 18.2 Å². The lowest BCUT2D eigenvalue weighted by Gasteiger charge is -2.16. The highest BCUT2D eigenvalue weighted by molar-refractivity contribution is 5.95. The zero-order valence-electron chi connectivity index (χ0n) is 12.5. The van der Waals surface area contributed by atoms with Crippen molar-refractivity contribution < 1.29 is 19.4 Å². The minimum absolute atomic E-state index is 0.0971. The van der Waals surface area contributed by atoms with Crippen LogP contribution in [0.25, 0.3) is 0 Å². The second-order valence-electron chi connectivity index (χ2n) is 4.76. The molecular weight excluding hydrogens is 258 g/mol. The van der Waals surface area contributed by atoms with Gasteiger partial charge in [-0.1, -0.05) is 0 Å². The molecule has 2 atom stereocenters. The van der Waals surface area contributed by atoms with Gasteiger partial charge in [-0.25, -0.2) is 0 Å². The van der Waals surface area contributed by atoms with E-state index in [2.05, 4.69) is 5.32 Å². The summed E-state index contributed by atoms with van der Waals surface area (Å²) in [7, 11) is 1.56. The molecule has 0 aromatic heterocycles. The lowest BCUT2D eigenvalue weighted by molar-refractivity contribution is 0.0922. The summed E-state index contributed by atoms with van der Waals surface area (Å²) in [5, 5.41) is 12.1. The molecule has 0 spiro atoms. The SMILES string of the molecule is CCOc1cc(C(=O)NC(C)CC(C)O)ccc1OC. The number of benzene rings is 1. The Hall–Kier alpha value is -1.75. The Morgan fingerprint density at radius 2 is 2.05 bits per heavy atom. The Morgan fingerprint density at radius 1 is 1.35 bits per heavy atom. The van der Waals surface area contributed by atoms with Crippen LogP contribution in [0, 0.1) is 0 Å². The maximum absolute atomic E-state index is 12.1. The normalized spacial score (nSPS) is 13.4. The topological polar surface area (TPSA) is 67.8 Å². The third-order valence-electron chi connectivity index (χ3n) is 2.80. The van der Waals surface area contributed by atoms with Gasteiger partial charge >= 0.3 is 0 Å². The highest BCUT2D eigenvalue weighted by atomic mass is 16.5. The average molecular weight is 281 g/mol. The van der Waals surface area contributed by atoms with Crippen molar-refractivity contribution in [2.75, 3.05) is 13.7 Å². The maximum atomic E-state index is 12.1. The molecule has 0 aliphatic rings. The fourth-order valence-corrected chi connectivity index (χ4v) is 1.96. The van der Waals surface area contributed by atoms with Crippen LogP contribution in [0.3, 0.4) is 0 Å². The van der Waals surface area contributed by atoms with Crippen LogP contribution in [0.1, 0.15) is 37.6 Å². The number of rotatable bonds is 7. The van der Waals surface area contributed by atoms with Gasteiger partial charge in [0.25, 0.3) is 5.91 Å². The Kier molecular flexibility index (Phi) is 6.31. The Bertz CT molecular complexity index is 445. The van der Waals surface area contributed by atoms with E-state index in [1.54, 1.807) is 32.2 Å². The van der Waals surface area contributed by atoms with Crippen molar-refractivity contribution in [2.45, 2.75) is 39.3 Å². The van der Waals surface area contributed by atoms with Gasteiger partial charge in [0, 0.05) is 11.6 Å². The summed E-state index contributed by atoms with van der Waals surface area (Å²) in [6.45, 7) is 5.93. The molecule has 2 unspecified atom stereocenters.